The average molecular weight is 362 g/mol. The molecule has 0 unspecified atom stereocenters. The first-order valence-electron chi connectivity index (χ1n) is 8.72. The van der Waals surface area contributed by atoms with Crippen molar-refractivity contribution in [2.45, 2.75) is 0 Å². The molecule has 0 spiro atoms. The van der Waals surface area contributed by atoms with E-state index in [1.54, 1.807) is 7.11 Å². The van der Waals surface area contributed by atoms with E-state index in [4.69, 9.17) is 9.47 Å². The number of carbonyl (C=O) groups excluding carboxylic acids is 1. The van der Waals surface area contributed by atoms with E-state index in [0.29, 0.717) is 13.2 Å². The Morgan fingerprint density at radius 3 is 2.11 bits per heavy atom. The van der Waals surface area contributed by atoms with Crippen LogP contribution in [0.4, 0.5) is 10.5 Å². The van der Waals surface area contributed by atoms with Gasteiger partial charge in [0.2, 0.25) is 0 Å². The Bertz CT molecular complexity index is 847. The zero-order valence-electron chi connectivity index (χ0n) is 15.1. The van der Waals surface area contributed by atoms with E-state index in [-0.39, 0.29) is 6.03 Å². The molecule has 0 radical (unpaired) electrons. The smallest absolute Gasteiger partial charge is 0.319 e. The van der Waals surface area contributed by atoms with E-state index in [1.165, 1.54) is 0 Å². The summed E-state index contributed by atoms with van der Waals surface area (Å²) in [6.45, 7) is 0.784. The van der Waals surface area contributed by atoms with Crippen LogP contribution in [0.25, 0.3) is 11.1 Å². The lowest BCUT2D eigenvalue weighted by molar-refractivity contribution is 0.247. The van der Waals surface area contributed by atoms with Crippen LogP contribution < -0.4 is 20.1 Å². The number of hydrogen-bond donors (Lipinski definition) is 2. The summed E-state index contributed by atoms with van der Waals surface area (Å²) in [6.07, 6.45) is 0. The fourth-order valence-corrected chi connectivity index (χ4v) is 2.56. The van der Waals surface area contributed by atoms with Crippen LogP contribution in [-0.4, -0.2) is 26.3 Å². The van der Waals surface area contributed by atoms with Crippen LogP contribution in [0, 0.1) is 0 Å². The number of anilines is 1. The zero-order valence-corrected chi connectivity index (χ0v) is 15.1. The molecule has 0 bridgehead atoms. The van der Waals surface area contributed by atoms with Gasteiger partial charge in [-0.25, -0.2) is 4.79 Å². The number of benzene rings is 3. The van der Waals surface area contributed by atoms with Crippen molar-refractivity contribution >= 4 is 11.7 Å². The molecule has 3 aromatic rings. The number of amides is 2. The average Bonchev–Trinajstić information content (AvgIpc) is 2.73. The first-order chi connectivity index (χ1) is 13.2. The molecule has 0 atom stereocenters. The largest absolute Gasteiger partial charge is 0.497 e. The highest BCUT2D eigenvalue weighted by Crippen LogP contribution is 2.21. The summed E-state index contributed by atoms with van der Waals surface area (Å²) >= 11 is 0. The van der Waals surface area contributed by atoms with E-state index >= 15 is 0 Å². The second-order valence-corrected chi connectivity index (χ2v) is 5.85. The van der Waals surface area contributed by atoms with Gasteiger partial charge in [-0.05, 0) is 47.5 Å². The Kier molecular flexibility index (Phi) is 6.30. The van der Waals surface area contributed by atoms with Gasteiger partial charge in [0.25, 0.3) is 0 Å². The van der Waals surface area contributed by atoms with Crippen LogP contribution >= 0.6 is 0 Å². The van der Waals surface area contributed by atoms with E-state index in [9.17, 15) is 4.79 Å². The summed E-state index contributed by atoms with van der Waals surface area (Å²) < 4.78 is 10.7. The predicted octanol–water partition coefficient (Wildman–Crippen LogP) is 4.56. The molecule has 0 aromatic heterocycles. The third kappa shape index (κ3) is 5.51. The fraction of sp³-hybridized carbons (Fsp3) is 0.136. The van der Waals surface area contributed by atoms with Crippen LogP contribution in [0.1, 0.15) is 0 Å². The van der Waals surface area contributed by atoms with Gasteiger partial charge in [0, 0.05) is 5.69 Å². The molecule has 3 aromatic carbocycles. The van der Waals surface area contributed by atoms with Crippen molar-refractivity contribution in [1.29, 1.82) is 0 Å². The Labute approximate surface area is 158 Å². The maximum Gasteiger partial charge on any atom is 0.319 e. The van der Waals surface area contributed by atoms with Crippen LogP contribution in [0.5, 0.6) is 11.5 Å². The number of carbonyl (C=O) groups is 1. The Balaban J connectivity index is 1.41. The maximum atomic E-state index is 12.0. The molecule has 27 heavy (non-hydrogen) atoms. The number of hydrogen-bond acceptors (Lipinski definition) is 3. The van der Waals surface area contributed by atoms with Crippen LogP contribution in [-0.2, 0) is 0 Å². The fourth-order valence-electron chi connectivity index (χ4n) is 2.56. The molecular formula is C22H22N2O3. The molecule has 5 heteroatoms. The molecule has 0 heterocycles. The standard InChI is InChI=1S/C22H22N2O3/c1-26-20-11-13-21(14-12-20)27-16-15-23-22(25)24-19-9-7-18(8-10-19)17-5-3-2-4-6-17/h2-14H,15-16H2,1H3,(H2,23,24,25). The van der Waals surface area contributed by atoms with Gasteiger partial charge in [-0.1, -0.05) is 42.5 Å². The number of ether oxygens (including phenoxy) is 2. The zero-order chi connectivity index (χ0) is 18.9. The SMILES string of the molecule is COc1ccc(OCCNC(=O)Nc2ccc(-c3ccccc3)cc2)cc1. The Morgan fingerprint density at radius 1 is 0.815 bits per heavy atom. The van der Waals surface area contributed by atoms with Crippen molar-refractivity contribution in [3.63, 3.8) is 0 Å². The molecule has 0 aliphatic heterocycles. The Hall–Kier alpha value is -3.47. The van der Waals surface area contributed by atoms with Crippen LogP contribution in [0.15, 0.2) is 78.9 Å². The second-order valence-electron chi connectivity index (χ2n) is 5.85. The van der Waals surface area contributed by atoms with Gasteiger partial charge in [-0.3, -0.25) is 0 Å². The van der Waals surface area contributed by atoms with Gasteiger partial charge in [0.05, 0.1) is 13.7 Å². The highest BCUT2D eigenvalue weighted by atomic mass is 16.5. The van der Waals surface area contributed by atoms with Crippen LogP contribution in [0.3, 0.4) is 0 Å². The first-order valence-corrected chi connectivity index (χ1v) is 8.72. The summed E-state index contributed by atoms with van der Waals surface area (Å²) in [4.78, 5) is 12.0. The van der Waals surface area contributed by atoms with Crippen molar-refractivity contribution in [3.05, 3.63) is 78.9 Å². The predicted molar refractivity (Wildman–Crippen MR) is 107 cm³/mol. The van der Waals surface area contributed by atoms with Crippen LogP contribution in [0.2, 0.25) is 0 Å². The molecule has 0 saturated carbocycles. The summed E-state index contributed by atoms with van der Waals surface area (Å²) in [5, 5.41) is 5.58. The molecule has 2 N–H and O–H groups in total. The minimum Gasteiger partial charge on any atom is -0.497 e. The molecule has 0 fully saturated rings. The van der Waals surface area contributed by atoms with Gasteiger partial charge in [0.1, 0.15) is 18.1 Å². The molecule has 0 aliphatic rings. The summed E-state index contributed by atoms with van der Waals surface area (Å²) in [6, 6.07) is 24.9. The van der Waals surface area contributed by atoms with Crippen molar-refractivity contribution in [2.24, 2.45) is 0 Å². The summed E-state index contributed by atoms with van der Waals surface area (Å²) in [7, 11) is 1.62. The highest BCUT2D eigenvalue weighted by Gasteiger charge is 2.03. The molecular weight excluding hydrogens is 340 g/mol. The van der Waals surface area contributed by atoms with Crippen molar-refractivity contribution < 1.29 is 14.3 Å². The number of methoxy groups -OCH3 is 1. The van der Waals surface area contributed by atoms with Crippen molar-refractivity contribution in [2.75, 3.05) is 25.6 Å². The van der Waals surface area contributed by atoms with Crippen molar-refractivity contribution in [3.8, 4) is 22.6 Å². The maximum absolute atomic E-state index is 12.0. The lowest BCUT2D eigenvalue weighted by atomic mass is 10.1. The molecule has 3 rings (SSSR count). The van der Waals surface area contributed by atoms with E-state index < -0.39 is 0 Å². The van der Waals surface area contributed by atoms with Crippen molar-refractivity contribution in [1.82, 2.24) is 5.32 Å². The van der Waals surface area contributed by atoms with E-state index in [2.05, 4.69) is 22.8 Å². The molecule has 138 valence electrons. The van der Waals surface area contributed by atoms with Gasteiger partial charge in [0.15, 0.2) is 0 Å². The first kappa shape index (κ1) is 18.3. The van der Waals surface area contributed by atoms with Gasteiger partial charge in [-0.2, -0.15) is 0 Å². The molecule has 0 saturated heterocycles. The second kappa shape index (κ2) is 9.29. The van der Waals surface area contributed by atoms with Gasteiger partial charge in [-0.15, -0.1) is 0 Å². The summed E-state index contributed by atoms with van der Waals surface area (Å²) in [5.41, 5.74) is 2.99. The molecule has 0 aliphatic carbocycles. The topological polar surface area (TPSA) is 59.6 Å². The monoisotopic (exact) mass is 362 g/mol. The number of rotatable bonds is 7. The summed E-state index contributed by atoms with van der Waals surface area (Å²) in [5.74, 6) is 1.51. The Morgan fingerprint density at radius 2 is 1.44 bits per heavy atom. The normalized spacial score (nSPS) is 10.1. The number of urea groups is 1. The van der Waals surface area contributed by atoms with Gasteiger partial charge < -0.3 is 20.1 Å². The molecule has 5 nitrogen and oxygen atoms in total. The van der Waals surface area contributed by atoms with Gasteiger partial charge >= 0.3 is 6.03 Å². The highest BCUT2D eigenvalue weighted by molar-refractivity contribution is 5.89. The number of nitrogens with one attached hydrogen (secondary N) is 2. The third-order valence-corrected chi connectivity index (χ3v) is 3.97. The lowest BCUT2D eigenvalue weighted by Gasteiger charge is -2.10. The molecule has 2 amide bonds. The lowest BCUT2D eigenvalue weighted by Crippen LogP contribution is -2.32. The van der Waals surface area contributed by atoms with E-state index in [0.717, 1.165) is 28.3 Å². The minimum absolute atomic E-state index is 0.263. The van der Waals surface area contributed by atoms with E-state index in [1.807, 2.05) is 66.7 Å². The third-order valence-electron chi connectivity index (χ3n) is 3.97. The quantitative estimate of drug-likeness (QED) is 0.606. The minimum atomic E-state index is -0.263.